The Morgan fingerprint density at radius 3 is 1.44 bits per heavy atom. The molecule has 1 N–H and O–H groups in total. The number of carbonyl (C=O) groups excluding carboxylic acids is 2. The van der Waals surface area contributed by atoms with E-state index in [1.807, 2.05) is 24.2 Å². The van der Waals surface area contributed by atoms with Gasteiger partial charge in [0.25, 0.3) is 0 Å². The van der Waals surface area contributed by atoms with E-state index in [0.29, 0.717) is 52.4 Å². The fourth-order valence-electron chi connectivity index (χ4n) is 22.7. The van der Waals surface area contributed by atoms with E-state index >= 15 is 0 Å². The lowest BCUT2D eigenvalue weighted by Crippen LogP contribution is -2.61. The van der Waals surface area contributed by atoms with Crippen LogP contribution in [0.4, 0.5) is 13.2 Å². The number of halogens is 5. The summed E-state index contributed by atoms with van der Waals surface area (Å²) in [4.78, 5) is 37.5. The molecule has 17 heteroatoms. The second kappa shape index (κ2) is 25.2. The first kappa shape index (κ1) is 66.4. The molecule has 9 fully saturated rings. The number of nitrogens with zero attached hydrogens (tertiary/aromatic N) is 4. The summed E-state index contributed by atoms with van der Waals surface area (Å²) in [6, 6.07) is 10.1. The van der Waals surface area contributed by atoms with E-state index < -0.39 is 21.0 Å². The van der Waals surface area contributed by atoms with Gasteiger partial charge in [-0.25, -0.2) is 0 Å². The molecule has 2 aromatic heterocycles. The van der Waals surface area contributed by atoms with Crippen LogP contribution in [0.2, 0.25) is 0 Å². The number of likely N-dealkylation sites (tertiary alicyclic amines) is 2. The molecule has 2 aromatic rings. The van der Waals surface area contributed by atoms with E-state index in [1.54, 1.807) is 31.1 Å². The zero-order chi connectivity index (χ0) is 60.7. The molecule has 0 aromatic carbocycles. The molecule has 3 saturated heterocycles. The highest BCUT2D eigenvalue weighted by atomic mass is 128. The fourth-order valence-corrected chi connectivity index (χ4v) is 23.3. The van der Waals surface area contributed by atoms with Crippen LogP contribution in [-0.2, 0) is 23.9 Å². The number of carbonyl (C=O) groups is 2. The van der Waals surface area contributed by atoms with Gasteiger partial charge in [0.1, 0.15) is 5.76 Å². The molecule has 0 unspecified atom stereocenters. The van der Waals surface area contributed by atoms with Crippen molar-refractivity contribution >= 4 is 78.7 Å². The van der Waals surface area contributed by atoms with Crippen LogP contribution in [0, 0.1) is 85.8 Å². The van der Waals surface area contributed by atoms with Gasteiger partial charge in [0.05, 0.1) is 0 Å². The molecular formula is C69H96BF3I2N5O5S. The maximum atomic E-state index is 12.9. The number of piperidine rings is 3. The number of pyridine rings is 2. The van der Waals surface area contributed by atoms with Crippen LogP contribution in [0.5, 0.6) is 0 Å². The molecular weight excluding hydrogens is 1330 g/mol. The van der Waals surface area contributed by atoms with Gasteiger partial charge in [-0.3, -0.25) is 19.6 Å². The van der Waals surface area contributed by atoms with Gasteiger partial charge in [0.15, 0.2) is 0 Å². The molecule has 14 rings (SSSR count). The highest BCUT2D eigenvalue weighted by Gasteiger charge is 2.64. The summed E-state index contributed by atoms with van der Waals surface area (Å²) in [5.74, 6) is 6.13. The van der Waals surface area contributed by atoms with Crippen LogP contribution in [0.3, 0.4) is 0 Å². The monoisotopic (exact) mass is 1430 g/mol. The third-order valence-electron chi connectivity index (χ3n) is 26.7. The molecule has 5 heterocycles. The molecule has 12 aliphatic rings. The predicted octanol–water partition coefficient (Wildman–Crippen LogP) is 16.4. The van der Waals surface area contributed by atoms with Crippen LogP contribution in [0.1, 0.15) is 201 Å². The van der Waals surface area contributed by atoms with Gasteiger partial charge in [0.2, 0.25) is 11.8 Å². The zero-order valence-electron chi connectivity index (χ0n) is 52.5. The Balaban J connectivity index is 0.000000141. The number of rotatable bonds is 4. The van der Waals surface area contributed by atoms with Crippen LogP contribution < -0.4 is 5.32 Å². The lowest BCUT2D eigenvalue weighted by atomic mass is 9.46. The summed E-state index contributed by atoms with van der Waals surface area (Å²) in [5, 5.41) is 3.88. The van der Waals surface area contributed by atoms with Gasteiger partial charge in [-0.2, -0.15) is 21.6 Å². The van der Waals surface area contributed by atoms with Gasteiger partial charge >= 0.3 is 15.6 Å². The molecule has 10 nitrogen and oxygen atoms in total. The van der Waals surface area contributed by atoms with Crippen molar-refractivity contribution in [3.05, 3.63) is 84.2 Å². The quantitative estimate of drug-likeness (QED) is 0.139. The number of nitrogens with one attached hydrogen (secondary N) is 1. The normalized spacial score (nSPS) is 41.6. The van der Waals surface area contributed by atoms with Crippen LogP contribution in [0.15, 0.2) is 73.0 Å². The number of alkyl halides is 3. The largest absolute Gasteiger partial charge is 0.534 e. The minimum Gasteiger partial charge on any atom is -0.380 e. The topological polar surface area (TPSA) is 122 Å². The first-order chi connectivity index (χ1) is 40.4. The smallest absolute Gasteiger partial charge is 0.380 e. The summed E-state index contributed by atoms with van der Waals surface area (Å²) >= 11 is 4.24. The summed E-state index contributed by atoms with van der Waals surface area (Å²) in [5.41, 5.74) is 1.22. The van der Waals surface area contributed by atoms with Gasteiger partial charge in [-0.15, -0.1) is 0 Å². The van der Waals surface area contributed by atoms with E-state index in [0.717, 1.165) is 86.7 Å². The van der Waals surface area contributed by atoms with E-state index in [4.69, 9.17) is 0 Å². The standard InChI is InChI=1S/C25H34N2O.C23H32N2.C21H30F3NO4S.B.I2/c1-17(28)27-15-5-12-25(3)22-11-13-24(2)20(18-6-4-14-26-16-18)8-9-21(24)19(22)7-10-23(25)27;1-22-12-10-20-17(6-9-21-23(20,2)11-4-14-25-21)19(22)8-7-18(22)16-5-3-13-24-15-16;1-13(26)25-12-4-10-19(2)16-9-11-20(3)15(14(16)5-7-17(19)25)6-8-18(20)29-30(27,28)21(22,23)24;;1-2/h4,6,8,14,16,19,21-23H,5,7,9-13,15H2,1-3H3;3,5,7,13,15,17,19-21,25H,4,6,8-12,14H2,1-2H3;8,14-17H,4-7,9-12H2,1-3H3;;/t19-,21-,22-,23-,24+,25+;17-,19-,20-,21-,22+,23+;14-,15-,16-,17-,19+,20-;;/m000../s1. The van der Waals surface area contributed by atoms with Gasteiger partial charge < -0.3 is 19.3 Å². The van der Waals surface area contributed by atoms with Crippen molar-refractivity contribution in [3.63, 3.8) is 0 Å². The molecule has 18 atom stereocenters. The van der Waals surface area contributed by atoms with Crippen LogP contribution >= 0.6 is 37.2 Å². The Morgan fingerprint density at radius 2 is 1.00 bits per heavy atom. The maximum Gasteiger partial charge on any atom is 0.534 e. The Bertz CT molecular complexity index is 3010. The Labute approximate surface area is 538 Å². The molecule has 2 amide bonds. The van der Waals surface area contributed by atoms with Crippen molar-refractivity contribution in [3.8, 4) is 0 Å². The van der Waals surface area contributed by atoms with E-state index in [9.17, 15) is 31.2 Å². The summed E-state index contributed by atoms with van der Waals surface area (Å²) < 4.78 is 66.5. The lowest BCUT2D eigenvalue weighted by Gasteiger charge is -2.62. The third-order valence-corrected chi connectivity index (χ3v) is 27.6. The lowest BCUT2D eigenvalue weighted by molar-refractivity contribution is -0.153. The molecule has 0 bridgehead atoms. The minimum atomic E-state index is -5.66. The minimum absolute atomic E-state index is 0. The van der Waals surface area contributed by atoms with Crippen LogP contribution in [-0.4, -0.2) is 91.7 Å². The highest BCUT2D eigenvalue weighted by molar-refractivity contribution is 15.0. The van der Waals surface area contributed by atoms with E-state index in [2.05, 4.69) is 145 Å². The second-order valence-corrected chi connectivity index (χ2v) is 31.5. The van der Waals surface area contributed by atoms with Crippen molar-refractivity contribution in [1.82, 2.24) is 25.1 Å². The second-order valence-electron chi connectivity index (χ2n) is 30.0. The van der Waals surface area contributed by atoms with Crippen molar-refractivity contribution < 1.29 is 35.4 Å². The molecule has 3 aliphatic heterocycles. The number of fused-ring (bicyclic) bond motifs is 15. The summed E-state index contributed by atoms with van der Waals surface area (Å²) in [7, 11) is -5.66. The maximum absolute atomic E-state index is 12.9. The van der Waals surface area contributed by atoms with Gasteiger partial charge in [-0.1, -0.05) is 65.8 Å². The molecule has 3 radical (unpaired) electrons. The fraction of sp³-hybridized carbons (Fsp3) is 0.739. The summed E-state index contributed by atoms with van der Waals surface area (Å²) in [6.45, 7) is 20.8. The van der Waals surface area contributed by atoms with Gasteiger partial charge in [0, 0.05) is 121 Å². The molecule has 0 spiro atoms. The van der Waals surface area contributed by atoms with Gasteiger partial charge in [-0.05, 0) is 262 Å². The average molecular weight is 1430 g/mol. The van der Waals surface area contributed by atoms with E-state index in [-0.39, 0.29) is 43.4 Å². The van der Waals surface area contributed by atoms with Crippen molar-refractivity contribution in [2.75, 3.05) is 19.6 Å². The first-order valence-electron chi connectivity index (χ1n) is 32.7. The number of amides is 2. The summed E-state index contributed by atoms with van der Waals surface area (Å²) in [6.07, 6.45) is 38.8. The van der Waals surface area contributed by atoms with Crippen LogP contribution in [0.25, 0.3) is 11.1 Å². The molecule has 471 valence electrons. The SMILES string of the molecule is CC(=O)N1CCC[C@@]2(C)[C@@H]1CC[C@@H]1[C@@H]2CC[C@]2(C)C(OS(=O)(=O)C(F)(F)F)=CC[C@@H]12.CC(=O)N1CCC[C@@]2(C)[C@@H]1CC[C@@H]1[C@@H]2CC[C@]2(C)C(c3cccnc3)=CC[C@@H]12.C[C@]12CCCN[C@H]1CC[C@@H]1[C@@H]2CC[C@]2(C)C(c3cccnc3)=CC[C@@H]12.II.[B]. The molecule has 9 aliphatic carbocycles. The Hall–Kier alpha value is -2.52. The Morgan fingerprint density at radius 1 is 0.581 bits per heavy atom. The Kier molecular flexibility index (Phi) is 19.4. The van der Waals surface area contributed by atoms with Crippen molar-refractivity contribution in [2.45, 2.75) is 214 Å². The zero-order valence-corrected chi connectivity index (χ0v) is 57.6. The first-order valence-corrected chi connectivity index (χ1v) is 40.4. The highest BCUT2D eigenvalue weighted by Crippen LogP contribution is 2.69. The van der Waals surface area contributed by atoms with Crippen molar-refractivity contribution in [2.24, 2.45) is 85.8 Å². The number of allylic oxidation sites excluding steroid dienone is 6. The number of hydrogen-bond donors (Lipinski definition) is 1. The predicted molar refractivity (Wildman–Crippen MR) is 354 cm³/mol. The van der Waals surface area contributed by atoms with E-state index in [1.165, 1.54) is 108 Å². The molecule has 86 heavy (non-hydrogen) atoms. The molecule has 6 saturated carbocycles. The third kappa shape index (κ3) is 11.2. The number of hydrogen-bond acceptors (Lipinski definition) is 8. The average Bonchev–Trinajstić information content (AvgIpc) is 1.33. The van der Waals surface area contributed by atoms with Crippen molar-refractivity contribution in [1.29, 1.82) is 0 Å². The number of aromatic nitrogens is 2.